The average Bonchev–Trinajstić information content (AvgIpc) is 3.37. The van der Waals surface area contributed by atoms with Crippen molar-refractivity contribution in [3.63, 3.8) is 0 Å². The van der Waals surface area contributed by atoms with E-state index in [-0.39, 0.29) is 24.6 Å². The lowest BCUT2D eigenvalue weighted by Crippen LogP contribution is -2.53. The van der Waals surface area contributed by atoms with E-state index < -0.39 is 148 Å². The number of ether oxygens (including phenoxy) is 4. The molecule has 2 aromatic heterocycles. The molecule has 0 bridgehead atoms. The molecular weight excluding hydrogens is 1140 g/mol. The van der Waals surface area contributed by atoms with Crippen molar-refractivity contribution in [2.45, 2.75) is 140 Å². The number of nitrogens with one attached hydrogen (secondary N) is 4. The maximum Gasteiger partial charge on any atom is 0.459 e. The monoisotopic (exact) mass is 1200 g/mol. The number of aliphatic hydroxyl groups is 4. The molecule has 30 nitrogen and oxygen atoms in total. The standard InChI is InChI=1S/C24H32FN6O10P.C24H34FN4O10P/c1-14(2)39-19(33)15(3)29-42(37,41-17-7-5-16(6-8-17)11-27-30-26)38-13-24(12-25)20(34)23(4,36)21(40-24)31-10-9-18(32)28-22(31)35;1-14(2)37-19(31)15(3)28-40(35,39-17-7-5-16(11-26)6-8-17)36-13-24(12-25)20(32)23(4,34)21(38-24)29-10-9-18(30)27-22(29)33/h5-10,14-15,20-21,34,36H,11-13H2,1-4H3,(H,29,37)(H,28,32,35);5-10,14-15,20-21,32,34H,11-13,26H2,1-4H3,(H,28,35)(H,27,30,33)/t15-,20-,21+,23+,24+,42?;15-,20-,21+,23+,24+,40?/m00/s1. The Hall–Kier alpha value is -6.47. The van der Waals surface area contributed by atoms with Gasteiger partial charge in [-0.15, -0.1) is 0 Å². The number of esters is 2. The number of benzene rings is 2. The van der Waals surface area contributed by atoms with Gasteiger partial charge >= 0.3 is 38.8 Å². The first-order valence-corrected chi connectivity index (χ1v) is 28.1. The fourth-order valence-corrected chi connectivity index (χ4v) is 11.2. The maximum absolute atomic E-state index is 14.6. The number of azide groups is 1. The lowest BCUT2D eigenvalue weighted by atomic mass is 9.88. The molecule has 0 amide bonds. The Morgan fingerprint density at radius 2 is 1.07 bits per heavy atom. The van der Waals surface area contributed by atoms with Crippen LogP contribution in [0.2, 0.25) is 0 Å². The van der Waals surface area contributed by atoms with E-state index in [0.29, 0.717) is 5.56 Å². The third-order valence-electron chi connectivity index (χ3n) is 12.4. The number of nitrogens with two attached hydrogens (primary N) is 1. The van der Waals surface area contributed by atoms with Gasteiger partial charge in [0.25, 0.3) is 11.1 Å². The Kier molecular flexibility index (Phi) is 22.1. The van der Waals surface area contributed by atoms with E-state index in [4.69, 9.17) is 48.3 Å². The predicted molar refractivity (Wildman–Crippen MR) is 283 cm³/mol. The first-order valence-electron chi connectivity index (χ1n) is 25.0. The third kappa shape index (κ3) is 16.0. The van der Waals surface area contributed by atoms with Gasteiger partial charge in [0.15, 0.2) is 23.7 Å². The number of carbonyl (C=O) groups is 2. The minimum atomic E-state index is -4.60. The van der Waals surface area contributed by atoms with E-state index in [2.05, 4.69) is 20.2 Å². The van der Waals surface area contributed by atoms with Gasteiger partial charge in [-0.1, -0.05) is 29.4 Å². The van der Waals surface area contributed by atoms with Crippen LogP contribution in [0.15, 0.2) is 97.3 Å². The molecule has 10 N–H and O–H groups in total. The molecule has 452 valence electrons. The number of nitrogens with zero attached hydrogens (tertiary/aromatic N) is 5. The van der Waals surface area contributed by atoms with Gasteiger partial charge in [-0.05, 0) is 96.3 Å². The number of hydrogen-bond acceptors (Lipinski definition) is 22. The van der Waals surface area contributed by atoms with Gasteiger partial charge in [-0.3, -0.25) is 47.3 Å². The molecule has 12 atom stereocenters. The molecule has 82 heavy (non-hydrogen) atoms. The molecule has 4 aromatic rings. The van der Waals surface area contributed by atoms with Crippen LogP contribution in [0.5, 0.6) is 11.5 Å². The molecule has 2 aliphatic rings. The van der Waals surface area contributed by atoms with E-state index in [1.54, 1.807) is 39.8 Å². The summed E-state index contributed by atoms with van der Waals surface area (Å²) in [6.07, 6.45) is -6.43. The smallest absolute Gasteiger partial charge is 0.459 e. The summed E-state index contributed by atoms with van der Waals surface area (Å²) in [6, 6.07) is 11.4. The van der Waals surface area contributed by atoms with Gasteiger partial charge in [0.05, 0.1) is 32.0 Å². The van der Waals surface area contributed by atoms with E-state index in [1.165, 1.54) is 50.2 Å². The number of aromatic amines is 2. The van der Waals surface area contributed by atoms with Crippen LogP contribution in [0.3, 0.4) is 0 Å². The largest absolute Gasteiger partial charge is 0.462 e. The first kappa shape index (κ1) is 66.3. The summed E-state index contributed by atoms with van der Waals surface area (Å²) in [4.78, 5) is 79.1. The molecule has 2 aliphatic heterocycles. The number of aromatic nitrogens is 4. The van der Waals surface area contributed by atoms with E-state index in [1.807, 2.05) is 9.97 Å². The third-order valence-corrected chi connectivity index (χ3v) is 15.6. The van der Waals surface area contributed by atoms with Crippen LogP contribution in [0, 0.1) is 0 Å². The number of alkyl halides is 2. The molecule has 4 heterocycles. The minimum Gasteiger partial charge on any atom is -0.462 e. The van der Waals surface area contributed by atoms with Gasteiger partial charge in [-0.2, -0.15) is 10.2 Å². The molecule has 2 aromatic carbocycles. The zero-order valence-corrected chi connectivity index (χ0v) is 47.4. The minimum absolute atomic E-state index is 0.0215. The summed E-state index contributed by atoms with van der Waals surface area (Å²) < 4.78 is 102. The van der Waals surface area contributed by atoms with Gasteiger partial charge < -0.3 is 54.2 Å². The van der Waals surface area contributed by atoms with Crippen LogP contribution < -0.4 is 47.5 Å². The molecule has 6 rings (SSSR count). The summed E-state index contributed by atoms with van der Waals surface area (Å²) in [5, 5.41) is 52.2. The zero-order valence-electron chi connectivity index (χ0n) is 45.6. The highest BCUT2D eigenvalue weighted by Crippen LogP contribution is 2.52. The fourth-order valence-electron chi connectivity index (χ4n) is 8.11. The van der Waals surface area contributed by atoms with Crippen molar-refractivity contribution in [1.82, 2.24) is 29.3 Å². The Morgan fingerprint density at radius 1 is 0.707 bits per heavy atom. The fraction of sp³-hybridized carbons (Fsp3) is 0.542. The molecule has 2 saturated heterocycles. The van der Waals surface area contributed by atoms with Crippen molar-refractivity contribution in [1.29, 1.82) is 0 Å². The van der Waals surface area contributed by atoms with Crippen LogP contribution >= 0.6 is 15.5 Å². The number of rotatable bonds is 25. The molecular formula is C48H66F2N10O20P2. The molecule has 2 unspecified atom stereocenters. The van der Waals surface area contributed by atoms with Crippen molar-refractivity contribution in [2.24, 2.45) is 10.8 Å². The number of hydrogen-bond donors (Lipinski definition) is 9. The Labute approximate surface area is 465 Å². The lowest BCUT2D eigenvalue weighted by Gasteiger charge is -2.32. The average molecular weight is 1200 g/mol. The Bertz CT molecular complexity index is 3250. The van der Waals surface area contributed by atoms with E-state index in [0.717, 1.165) is 53.1 Å². The SMILES string of the molecule is CC(C)OC(=O)[C@H](C)NP(=O)(OC[C@@]1(CF)O[C@@H](n2ccc(=O)[nH]c2=O)[C@](C)(O)[C@@H]1O)Oc1ccc(CN)cc1.CC(C)OC(=O)[C@H](C)NP(=O)(OC[C@@]1(CF)O[C@@H](n2ccc(=O)[nH]c2=O)[C@](C)(O)[C@@H]1O)Oc1ccc(CN=[N+]=[N-])cc1. The van der Waals surface area contributed by atoms with Crippen molar-refractivity contribution in [3.8, 4) is 11.5 Å². The molecule has 0 radical (unpaired) electrons. The van der Waals surface area contributed by atoms with Crippen molar-refractivity contribution < 1.29 is 85.0 Å². The van der Waals surface area contributed by atoms with Crippen LogP contribution in [-0.4, -0.2) is 137 Å². The summed E-state index contributed by atoms with van der Waals surface area (Å²) in [5.41, 5.74) is 2.67. The van der Waals surface area contributed by atoms with Crippen molar-refractivity contribution >= 4 is 27.4 Å². The van der Waals surface area contributed by atoms with Gasteiger partial charge in [0, 0.05) is 36.0 Å². The normalized spacial score (nSPS) is 26.3. The second-order valence-electron chi connectivity index (χ2n) is 19.9. The molecule has 0 saturated carbocycles. The maximum atomic E-state index is 14.6. The number of aliphatic hydroxyl groups excluding tert-OH is 2. The van der Waals surface area contributed by atoms with Crippen LogP contribution in [0.1, 0.15) is 79.0 Å². The van der Waals surface area contributed by atoms with E-state index in [9.17, 15) is 67.1 Å². The quantitative estimate of drug-likeness (QED) is 0.0151. The van der Waals surface area contributed by atoms with Crippen LogP contribution in [0.25, 0.3) is 10.4 Å². The summed E-state index contributed by atoms with van der Waals surface area (Å²) in [6.45, 7) is 6.64. The Morgan fingerprint density at radius 3 is 1.39 bits per heavy atom. The van der Waals surface area contributed by atoms with Crippen molar-refractivity contribution in [3.05, 3.63) is 136 Å². The number of carbonyl (C=O) groups excluding carboxylic acids is 2. The summed E-state index contributed by atoms with van der Waals surface area (Å²) in [5.74, 6) is -1.56. The van der Waals surface area contributed by atoms with Gasteiger partial charge in [0.2, 0.25) is 0 Å². The highest BCUT2D eigenvalue weighted by molar-refractivity contribution is 7.52. The van der Waals surface area contributed by atoms with Gasteiger partial charge in [0.1, 0.15) is 60.3 Å². The molecule has 0 spiro atoms. The predicted octanol–water partition coefficient (Wildman–Crippen LogP) is 2.31. The number of H-pyrrole nitrogens is 2. The first-order chi connectivity index (χ1) is 38.3. The second-order valence-corrected chi connectivity index (χ2v) is 23.3. The van der Waals surface area contributed by atoms with Gasteiger partial charge in [-0.25, -0.2) is 27.5 Å². The molecule has 0 aliphatic carbocycles. The molecule has 34 heteroatoms. The van der Waals surface area contributed by atoms with Crippen LogP contribution in [0.4, 0.5) is 8.78 Å². The topological polar surface area (TPSA) is 432 Å². The highest BCUT2D eigenvalue weighted by Gasteiger charge is 2.64. The van der Waals surface area contributed by atoms with Crippen LogP contribution in [-0.2, 0) is 59.8 Å². The lowest BCUT2D eigenvalue weighted by molar-refractivity contribution is -0.150. The Balaban J connectivity index is 0.000000301. The summed E-state index contributed by atoms with van der Waals surface area (Å²) in [7, 11) is -9.14. The molecule has 2 fully saturated rings. The second kappa shape index (κ2) is 27.3. The van der Waals surface area contributed by atoms with E-state index >= 15 is 0 Å². The summed E-state index contributed by atoms with van der Waals surface area (Å²) >= 11 is 0. The number of halogens is 2. The van der Waals surface area contributed by atoms with Crippen molar-refractivity contribution in [2.75, 3.05) is 26.6 Å². The zero-order chi connectivity index (χ0) is 61.2. The highest BCUT2D eigenvalue weighted by atomic mass is 31.2.